The zero-order valence-corrected chi connectivity index (χ0v) is 12.9. The molecule has 0 radical (unpaired) electrons. The number of thiophene rings is 1. The molecule has 2 N–H and O–H groups in total. The Kier molecular flexibility index (Phi) is 4.40. The molecule has 0 fully saturated rings. The highest BCUT2D eigenvalue weighted by Crippen LogP contribution is 2.21. The number of anilines is 1. The molecule has 2 rings (SSSR count). The molecule has 1 aromatic heterocycles. The fourth-order valence-corrected chi connectivity index (χ4v) is 3.51. The number of halogens is 1. The van der Waals surface area contributed by atoms with E-state index < -0.39 is 15.9 Å². The maximum atomic E-state index is 13.1. The van der Waals surface area contributed by atoms with Crippen LogP contribution in [0.15, 0.2) is 34.5 Å². The van der Waals surface area contributed by atoms with Crippen LogP contribution in [0.25, 0.3) is 0 Å². The van der Waals surface area contributed by atoms with Gasteiger partial charge in [-0.2, -0.15) is 0 Å². The minimum atomic E-state index is -3.57. The van der Waals surface area contributed by atoms with E-state index in [-0.39, 0.29) is 15.6 Å². The monoisotopic (exact) mass is 328 g/mol. The number of benzene rings is 1. The van der Waals surface area contributed by atoms with Crippen LogP contribution >= 0.6 is 11.3 Å². The number of rotatable bonds is 4. The quantitative estimate of drug-likeness (QED) is 0.905. The average Bonchev–Trinajstić information content (AvgIpc) is 2.93. The molecule has 0 aliphatic carbocycles. The summed E-state index contributed by atoms with van der Waals surface area (Å²) in [6.45, 7) is 1.59. The first kappa shape index (κ1) is 15.6. The van der Waals surface area contributed by atoms with Crippen molar-refractivity contribution in [2.75, 3.05) is 12.4 Å². The zero-order chi connectivity index (χ0) is 15.6. The molecular weight excluding hydrogens is 315 g/mol. The van der Waals surface area contributed by atoms with E-state index in [0.717, 1.165) is 11.3 Å². The van der Waals surface area contributed by atoms with Crippen molar-refractivity contribution in [2.24, 2.45) is 0 Å². The van der Waals surface area contributed by atoms with Gasteiger partial charge in [0.05, 0.1) is 9.77 Å². The van der Waals surface area contributed by atoms with Crippen LogP contribution < -0.4 is 10.0 Å². The average molecular weight is 328 g/mol. The lowest BCUT2D eigenvalue weighted by Gasteiger charge is -2.05. The minimum absolute atomic E-state index is 0.0374. The third kappa shape index (κ3) is 3.46. The van der Waals surface area contributed by atoms with Gasteiger partial charge in [0.15, 0.2) is 0 Å². The van der Waals surface area contributed by atoms with E-state index in [1.54, 1.807) is 6.92 Å². The van der Waals surface area contributed by atoms with E-state index in [9.17, 15) is 17.6 Å². The van der Waals surface area contributed by atoms with Gasteiger partial charge in [-0.1, -0.05) is 0 Å². The molecule has 2 aromatic rings. The van der Waals surface area contributed by atoms with Crippen molar-refractivity contribution in [2.45, 2.75) is 11.8 Å². The predicted octanol–water partition coefficient (Wildman–Crippen LogP) is 2.36. The zero-order valence-electron chi connectivity index (χ0n) is 11.3. The molecule has 0 saturated heterocycles. The normalized spacial score (nSPS) is 11.4. The van der Waals surface area contributed by atoms with Gasteiger partial charge >= 0.3 is 0 Å². The van der Waals surface area contributed by atoms with E-state index in [2.05, 4.69) is 10.0 Å². The summed E-state index contributed by atoms with van der Waals surface area (Å²) >= 11 is 1.02. The number of nitrogens with one attached hydrogen (secondary N) is 2. The minimum Gasteiger partial charge on any atom is -0.321 e. The Morgan fingerprint density at radius 3 is 2.62 bits per heavy atom. The molecule has 0 aliphatic heterocycles. The molecule has 0 saturated carbocycles. The van der Waals surface area contributed by atoms with Gasteiger partial charge in [0, 0.05) is 11.1 Å². The highest BCUT2D eigenvalue weighted by molar-refractivity contribution is 7.89. The summed E-state index contributed by atoms with van der Waals surface area (Å²) in [7, 11) is -2.27. The number of hydrogen-bond acceptors (Lipinski definition) is 4. The largest absolute Gasteiger partial charge is 0.321 e. The topological polar surface area (TPSA) is 75.3 Å². The summed E-state index contributed by atoms with van der Waals surface area (Å²) in [4.78, 5) is 12.3. The van der Waals surface area contributed by atoms with Crippen LogP contribution in [0.3, 0.4) is 0 Å². The highest BCUT2D eigenvalue weighted by atomic mass is 32.2. The van der Waals surface area contributed by atoms with Crippen LogP contribution in [0.2, 0.25) is 0 Å². The molecule has 1 aromatic carbocycles. The Balaban J connectivity index is 2.19. The second-order valence-corrected chi connectivity index (χ2v) is 7.07. The third-order valence-corrected chi connectivity index (χ3v) is 5.27. The molecule has 0 aliphatic rings. The van der Waals surface area contributed by atoms with Crippen LogP contribution in [-0.4, -0.2) is 21.4 Å². The van der Waals surface area contributed by atoms with Gasteiger partial charge in [-0.25, -0.2) is 17.5 Å². The first-order valence-electron chi connectivity index (χ1n) is 5.93. The first-order chi connectivity index (χ1) is 9.83. The Hall–Kier alpha value is -1.77. The van der Waals surface area contributed by atoms with Crippen LogP contribution in [0, 0.1) is 12.7 Å². The molecule has 0 bridgehead atoms. The molecule has 5 nitrogen and oxygen atoms in total. The van der Waals surface area contributed by atoms with Crippen LogP contribution in [-0.2, 0) is 10.0 Å². The number of carbonyl (C=O) groups excluding carboxylic acids is 1. The van der Waals surface area contributed by atoms with Crippen molar-refractivity contribution in [1.29, 1.82) is 0 Å². The van der Waals surface area contributed by atoms with E-state index in [1.807, 2.05) is 0 Å². The van der Waals surface area contributed by atoms with Crippen LogP contribution in [0.5, 0.6) is 0 Å². The van der Waals surface area contributed by atoms with Gasteiger partial charge < -0.3 is 5.32 Å². The Bertz CT molecular complexity index is 784. The van der Waals surface area contributed by atoms with Crippen molar-refractivity contribution in [1.82, 2.24) is 4.72 Å². The maximum Gasteiger partial charge on any atom is 0.265 e. The van der Waals surface area contributed by atoms with Gasteiger partial charge in [0.2, 0.25) is 10.0 Å². The highest BCUT2D eigenvalue weighted by Gasteiger charge is 2.17. The number of aryl methyl sites for hydroxylation is 1. The molecule has 0 atom stereocenters. The van der Waals surface area contributed by atoms with Gasteiger partial charge in [0.1, 0.15) is 5.82 Å². The summed E-state index contributed by atoms with van der Waals surface area (Å²) in [5.74, 6) is -0.796. The van der Waals surface area contributed by atoms with E-state index >= 15 is 0 Å². The van der Waals surface area contributed by atoms with Gasteiger partial charge in [0.25, 0.3) is 5.91 Å². The van der Waals surface area contributed by atoms with Crippen LogP contribution in [0.4, 0.5) is 10.1 Å². The number of hydrogen-bond donors (Lipinski definition) is 2. The Morgan fingerprint density at radius 1 is 1.29 bits per heavy atom. The summed E-state index contributed by atoms with van der Waals surface area (Å²) in [6, 6.07) is 5.50. The lowest BCUT2D eigenvalue weighted by atomic mass is 10.2. The molecule has 0 spiro atoms. The number of carbonyl (C=O) groups is 1. The van der Waals surface area contributed by atoms with Crippen molar-refractivity contribution >= 4 is 33.0 Å². The fraction of sp³-hybridized carbons (Fsp3) is 0.154. The van der Waals surface area contributed by atoms with Crippen molar-refractivity contribution < 1.29 is 17.6 Å². The lowest BCUT2D eigenvalue weighted by Crippen LogP contribution is -2.18. The molecule has 21 heavy (non-hydrogen) atoms. The van der Waals surface area contributed by atoms with Gasteiger partial charge in [-0.15, -0.1) is 11.3 Å². The molecule has 1 heterocycles. The molecule has 0 unspecified atom stereocenters. The molecule has 112 valence electrons. The predicted molar refractivity (Wildman–Crippen MR) is 79.7 cm³/mol. The molecular formula is C13H13FN2O3S2. The van der Waals surface area contributed by atoms with E-state index in [4.69, 9.17) is 0 Å². The van der Waals surface area contributed by atoms with Crippen molar-refractivity contribution in [3.05, 3.63) is 45.9 Å². The van der Waals surface area contributed by atoms with E-state index in [1.165, 1.54) is 36.7 Å². The molecule has 1 amide bonds. The first-order valence-corrected chi connectivity index (χ1v) is 8.29. The van der Waals surface area contributed by atoms with Crippen molar-refractivity contribution in [3.8, 4) is 0 Å². The van der Waals surface area contributed by atoms with E-state index in [0.29, 0.717) is 11.3 Å². The van der Waals surface area contributed by atoms with Crippen LogP contribution in [0.1, 0.15) is 15.2 Å². The van der Waals surface area contributed by atoms with Crippen molar-refractivity contribution in [3.63, 3.8) is 0 Å². The fourth-order valence-electron chi connectivity index (χ4n) is 1.61. The van der Waals surface area contributed by atoms with Gasteiger partial charge in [-0.3, -0.25) is 4.79 Å². The number of amides is 1. The Morgan fingerprint density at radius 2 is 2.00 bits per heavy atom. The third-order valence-electron chi connectivity index (χ3n) is 2.79. The summed E-state index contributed by atoms with van der Waals surface area (Å²) in [5.41, 5.74) is 0.864. The second kappa shape index (κ2) is 5.92. The summed E-state index contributed by atoms with van der Waals surface area (Å²) < 4.78 is 38.5. The number of sulfonamides is 1. The standard InChI is InChI=1S/C13H13FN2O3S2/c1-8-5-9(3-4-11(8)14)16-13(17)12-6-10(7-20-12)21(18,19)15-2/h3-7,15H,1-2H3,(H,16,17). The smallest absolute Gasteiger partial charge is 0.265 e. The van der Waals surface area contributed by atoms with Gasteiger partial charge in [-0.05, 0) is 43.8 Å². The second-order valence-electron chi connectivity index (χ2n) is 4.27. The Labute approximate surface area is 125 Å². The molecule has 8 heteroatoms. The SMILES string of the molecule is CNS(=O)(=O)c1csc(C(=O)Nc2ccc(F)c(C)c2)c1. The maximum absolute atomic E-state index is 13.1. The summed E-state index contributed by atoms with van der Waals surface area (Å²) in [6.07, 6.45) is 0. The lowest BCUT2D eigenvalue weighted by molar-refractivity contribution is 0.103. The summed E-state index contributed by atoms with van der Waals surface area (Å²) in [5, 5.41) is 3.98.